The van der Waals surface area contributed by atoms with Gasteiger partial charge in [0.2, 0.25) is 5.91 Å². The van der Waals surface area contributed by atoms with Gasteiger partial charge in [-0.15, -0.1) is 23.5 Å². The van der Waals surface area contributed by atoms with Gasteiger partial charge >= 0.3 is 0 Å². The van der Waals surface area contributed by atoms with E-state index in [1.165, 1.54) is 6.07 Å². The molecule has 8 heteroatoms. The topological polar surface area (TPSA) is 75.3 Å². The molecule has 0 radical (unpaired) electrons. The molecule has 3 rings (SSSR count). The van der Waals surface area contributed by atoms with Gasteiger partial charge in [0.1, 0.15) is 0 Å². The molecule has 0 saturated carbocycles. The lowest BCUT2D eigenvalue weighted by Gasteiger charge is -2.12. The molecule has 0 unspecified atom stereocenters. The molecule has 25 heavy (non-hydrogen) atoms. The molecule has 2 aromatic rings. The maximum atomic E-state index is 12.7. The molecule has 0 saturated heterocycles. The van der Waals surface area contributed by atoms with Crippen molar-refractivity contribution in [1.82, 2.24) is 0 Å². The first-order valence-electron chi connectivity index (χ1n) is 7.63. The average molecular weight is 395 g/mol. The van der Waals surface area contributed by atoms with Gasteiger partial charge in [0.15, 0.2) is 0 Å². The summed E-state index contributed by atoms with van der Waals surface area (Å²) in [6, 6.07) is 12.0. The van der Waals surface area contributed by atoms with E-state index in [-0.39, 0.29) is 16.7 Å². The number of carbonyl (C=O) groups is 1. The first kappa shape index (κ1) is 18.2. The van der Waals surface area contributed by atoms with E-state index in [1.54, 1.807) is 53.9 Å². The molecule has 0 fully saturated rings. The standard InChI is InChI=1S/C17H18N2O3S3/c1-11-10-24-16-7-6-14(9-15(16)18-17(11)20)25(21,22)19-12-4-3-5-13(8-12)23-2/h3-9,11,19H,10H2,1-2H3,(H,18,20)/t11-/m0/s1. The van der Waals surface area contributed by atoms with Gasteiger partial charge in [-0.2, -0.15) is 0 Å². The van der Waals surface area contributed by atoms with Gasteiger partial charge in [-0.3, -0.25) is 9.52 Å². The normalized spacial score (nSPS) is 17.4. The molecule has 0 aromatic heterocycles. The third-order valence-electron chi connectivity index (χ3n) is 3.78. The fourth-order valence-corrected chi connectivity index (χ4v) is 4.89. The SMILES string of the molecule is CSc1cccc(NS(=O)(=O)c2ccc3c(c2)NC(=O)[C@@H](C)CS3)c1. The van der Waals surface area contributed by atoms with E-state index in [2.05, 4.69) is 10.0 Å². The molecule has 0 aliphatic carbocycles. The van der Waals surface area contributed by atoms with E-state index in [0.29, 0.717) is 17.1 Å². The summed E-state index contributed by atoms with van der Waals surface area (Å²) in [5.41, 5.74) is 1.05. The van der Waals surface area contributed by atoms with E-state index in [4.69, 9.17) is 0 Å². The average Bonchev–Trinajstić information content (AvgIpc) is 2.73. The van der Waals surface area contributed by atoms with Gasteiger partial charge in [-0.1, -0.05) is 13.0 Å². The van der Waals surface area contributed by atoms with Crippen LogP contribution in [0.3, 0.4) is 0 Å². The van der Waals surface area contributed by atoms with Crippen molar-refractivity contribution in [2.75, 3.05) is 22.0 Å². The predicted molar refractivity (Wildman–Crippen MR) is 104 cm³/mol. The van der Waals surface area contributed by atoms with E-state index < -0.39 is 10.0 Å². The Morgan fingerprint density at radius 2 is 2.04 bits per heavy atom. The van der Waals surface area contributed by atoms with Crippen LogP contribution >= 0.6 is 23.5 Å². The minimum Gasteiger partial charge on any atom is -0.325 e. The fraction of sp³-hybridized carbons (Fsp3) is 0.235. The number of nitrogens with one attached hydrogen (secondary N) is 2. The van der Waals surface area contributed by atoms with Gasteiger partial charge in [0, 0.05) is 27.1 Å². The molecule has 1 aliphatic rings. The molecule has 132 valence electrons. The van der Waals surface area contributed by atoms with Crippen molar-refractivity contribution in [3.8, 4) is 0 Å². The minimum absolute atomic E-state index is 0.0959. The number of thioether (sulfide) groups is 2. The van der Waals surface area contributed by atoms with E-state index >= 15 is 0 Å². The first-order chi connectivity index (χ1) is 11.9. The van der Waals surface area contributed by atoms with Crippen LogP contribution in [0, 0.1) is 5.92 Å². The smallest absolute Gasteiger partial charge is 0.261 e. The van der Waals surface area contributed by atoms with Crippen LogP contribution in [0.25, 0.3) is 0 Å². The van der Waals surface area contributed by atoms with Crippen molar-refractivity contribution in [2.24, 2.45) is 5.92 Å². The van der Waals surface area contributed by atoms with Crippen LogP contribution < -0.4 is 10.0 Å². The number of fused-ring (bicyclic) bond motifs is 1. The molecular formula is C17H18N2O3S3. The Labute approximate surface area is 156 Å². The maximum absolute atomic E-state index is 12.7. The zero-order valence-electron chi connectivity index (χ0n) is 13.8. The third-order valence-corrected chi connectivity index (χ3v) is 7.22. The number of amides is 1. The van der Waals surface area contributed by atoms with Crippen molar-refractivity contribution in [3.63, 3.8) is 0 Å². The van der Waals surface area contributed by atoms with Crippen LogP contribution in [0.2, 0.25) is 0 Å². The van der Waals surface area contributed by atoms with Crippen LogP contribution in [-0.4, -0.2) is 26.3 Å². The second kappa shape index (κ2) is 7.31. The molecule has 2 aromatic carbocycles. The largest absolute Gasteiger partial charge is 0.325 e. The zero-order valence-corrected chi connectivity index (χ0v) is 16.2. The number of carbonyl (C=O) groups excluding carboxylic acids is 1. The lowest BCUT2D eigenvalue weighted by atomic mass is 10.2. The van der Waals surface area contributed by atoms with Crippen LogP contribution in [0.4, 0.5) is 11.4 Å². The summed E-state index contributed by atoms with van der Waals surface area (Å²) in [5, 5.41) is 2.81. The summed E-state index contributed by atoms with van der Waals surface area (Å²) in [5.74, 6) is 0.455. The predicted octanol–water partition coefficient (Wildman–Crippen LogP) is 3.89. The third kappa shape index (κ3) is 4.13. The van der Waals surface area contributed by atoms with Crippen LogP contribution in [-0.2, 0) is 14.8 Å². The monoisotopic (exact) mass is 394 g/mol. The highest BCUT2D eigenvalue weighted by molar-refractivity contribution is 7.99. The molecule has 0 bridgehead atoms. The van der Waals surface area contributed by atoms with Crippen LogP contribution in [0.5, 0.6) is 0 Å². The number of benzene rings is 2. The Kier molecular flexibility index (Phi) is 5.31. The van der Waals surface area contributed by atoms with Crippen molar-refractivity contribution in [2.45, 2.75) is 21.6 Å². The summed E-state index contributed by atoms with van der Waals surface area (Å²) >= 11 is 3.09. The molecule has 1 aliphatic heterocycles. The molecule has 5 nitrogen and oxygen atoms in total. The Bertz CT molecular complexity index is 913. The molecule has 1 heterocycles. The number of hydrogen-bond acceptors (Lipinski definition) is 5. The van der Waals surface area contributed by atoms with Gasteiger partial charge < -0.3 is 5.32 Å². The highest BCUT2D eigenvalue weighted by Crippen LogP contribution is 2.34. The number of rotatable bonds is 4. The molecular weight excluding hydrogens is 376 g/mol. The van der Waals surface area contributed by atoms with Crippen LogP contribution in [0.1, 0.15) is 6.92 Å². The van der Waals surface area contributed by atoms with E-state index in [9.17, 15) is 13.2 Å². The molecule has 1 atom stereocenters. The lowest BCUT2D eigenvalue weighted by Crippen LogP contribution is -2.20. The van der Waals surface area contributed by atoms with E-state index in [0.717, 1.165) is 9.79 Å². The van der Waals surface area contributed by atoms with Crippen molar-refractivity contribution >= 4 is 50.8 Å². The maximum Gasteiger partial charge on any atom is 0.261 e. The summed E-state index contributed by atoms with van der Waals surface area (Å²) < 4.78 is 28.0. The summed E-state index contributed by atoms with van der Waals surface area (Å²) in [6.45, 7) is 1.85. The van der Waals surface area contributed by atoms with Crippen molar-refractivity contribution < 1.29 is 13.2 Å². The minimum atomic E-state index is -3.73. The first-order valence-corrected chi connectivity index (χ1v) is 11.3. The summed E-state index contributed by atoms with van der Waals surface area (Å²) in [4.78, 5) is 14.0. The van der Waals surface area contributed by atoms with Gasteiger partial charge in [0.05, 0.1) is 10.6 Å². The zero-order chi connectivity index (χ0) is 18.0. The van der Waals surface area contributed by atoms with Crippen molar-refractivity contribution in [1.29, 1.82) is 0 Å². The number of hydrogen-bond donors (Lipinski definition) is 2. The second-order valence-corrected chi connectivity index (χ2v) is 9.32. The Balaban J connectivity index is 1.90. The Hall–Kier alpha value is -1.64. The molecule has 0 spiro atoms. The van der Waals surface area contributed by atoms with Crippen molar-refractivity contribution in [3.05, 3.63) is 42.5 Å². The number of sulfonamides is 1. The Morgan fingerprint density at radius 1 is 1.24 bits per heavy atom. The summed E-state index contributed by atoms with van der Waals surface area (Å²) in [7, 11) is -3.73. The van der Waals surface area contributed by atoms with Gasteiger partial charge in [-0.25, -0.2) is 8.42 Å². The highest BCUT2D eigenvalue weighted by Gasteiger charge is 2.23. The van der Waals surface area contributed by atoms with Gasteiger partial charge in [0.25, 0.3) is 10.0 Å². The van der Waals surface area contributed by atoms with Crippen LogP contribution in [0.15, 0.2) is 57.2 Å². The van der Waals surface area contributed by atoms with E-state index in [1.807, 2.05) is 19.2 Å². The summed E-state index contributed by atoms with van der Waals surface area (Å²) in [6.07, 6.45) is 1.93. The lowest BCUT2D eigenvalue weighted by molar-refractivity contribution is -0.118. The highest BCUT2D eigenvalue weighted by atomic mass is 32.2. The van der Waals surface area contributed by atoms with Gasteiger partial charge in [-0.05, 0) is 42.7 Å². The quantitative estimate of drug-likeness (QED) is 0.770. The Morgan fingerprint density at radius 3 is 2.80 bits per heavy atom. The number of anilines is 2. The molecule has 2 N–H and O–H groups in total. The molecule has 1 amide bonds. The second-order valence-electron chi connectivity index (χ2n) is 5.70. The fourth-order valence-electron chi connectivity index (χ4n) is 2.35.